The number of nitrogens with zero attached hydrogens (tertiary/aromatic N) is 1. The molecule has 134 valence electrons. The van der Waals surface area contributed by atoms with Crippen molar-refractivity contribution in [3.8, 4) is 6.07 Å². The first kappa shape index (κ1) is 19.0. The molecule has 0 fully saturated rings. The number of nitriles is 1. The van der Waals surface area contributed by atoms with E-state index in [0.29, 0.717) is 23.4 Å². The Balaban J connectivity index is 1.96. The first-order valence-electron chi connectivity index (χ1n) is 8.14. The summed E-state index contributed by atoms with van der Waals surface area (Å²) in [6.45, 7) is 5.35. The summed E-state index contributed by atoms with van der Waals surface area (Å²) in [6.07, 6.45) is -0.215. The number of benzene rings is 2. The zero-order valence-corrected chi connectivity index (χ0v) is 15.0. The summed E-state index contributed by atoms with van der Waals surface area (Å²) >= 11 is 0. The third-order valence-electron chi connectivity index (χ3n) is 3.29. The molecule has 0 aliphatic heterocycles. The summed E-state index contributed by atoms with van der Waals surface area (Å²) in [7, 11) is 0. The SMILES string of the molecule is CC(C)(C)OC(=O)Nc1ccc(C(=O)Nc2ccc(CC#N)cc2)cc1. The summed E-state index contributed by atoms with van der Waals surface area (Å²) in [6, 6.07) is 15.7. The van der Waals surface area contributed by atoms with Gasteiger partial charge in [-0.1, -0.05) is 12.1 Å². The van der Waals surface area contributed by atoms with E-state index in [2.05, 4.69) is 16.7 Å². The fourth-order valence-electron chi connectivity index (χ4n) is 2.13. The molecule has 2 aromatic rings. The number of hydrogen-bond donors (Lipinski definition) is 2. The highest BCUT2D eigenvalue weighted by Gasteiger charge is 2.16. The predicted molar refractivity (Wildman–Crippen MR) is 100 cm³/mol. The standard InChI is InChI=1S/C20H21N3O3/c1-20(2,3)26-19(25)23-17-10-6-15(7-11-17)18(24)22-16-8-4-14(5-9-16)12-13-21/h4-11H,12H2,1-3H3,(H,22,24)(H,23,25). The average Bonchev–Trinajstić information content (AvgIpc) is 2.55. The number of carbonyl (C=O) groups excluding carboxylic acids is 2. The first-order chi connectivity index (χ1) is 12.3. The number of amides is 2. The third-order valence-corrected chi connectivity index (χ3v) is 3.29. The largest absolute Gasteiger partial charge is 0.444 e. The molecule has 0 aliphatic carbocycles. The fraction of sp³-hybridized carbons (Fsp3) is 0.250. The molecule has 0 saturated heterocycles. The number of carbonyl (C=O) groups is 2. The van der Waals surface area contributed by atoms with Gasteiger partial charge in [-0.25, -0.2) is 4.79 Å². The van der Waals surface area contributed by atoms with Crippen LogP contribution >= 0.6 is 0 Å². The summed E-state index contributed by atoms with van der Waals surface area (Å²) in [5.41, 5.74) is 1.96. The molecular formula is C20H21N3O3. The lowest BCUT2D eigenvalue weighted by Crippen LogP contribution is -2.27. The number of hydrogen-bond acceptors (Lipinski definition) is 4. The Morgan fingerprint density at radius 2 is 1.50 bits per heavy atom. The van der Waals surface area contributed by atoms with E-state index in [-0.39, 0.29) is 5.91 Å². The van der Waals surface area contributed by atoms with Crippen molar-refractivity contribution in [3.05, 3.63) is 59.7 Å². The van der Waals surface area contributed by atoms with Gasteiger partial charge in [0, 0.05) is 16.9 Å². The van der Waals surface area contributed by atoms with Gasteiger partial charge in [-0.15, -0.1) is 0 Å². The maximum Gasteiger partial charge on any atom is 0.412 e. The van der Waals surface area contributed by atoms with E-state index < -0.39 is 11.7 Å². The molecule has 0 heterocycles. The van der Waals surface area contributed by atoms with Crippen LogP contribution in [0, 0.1) is 11.3 Å². The average molecular weight is 351 g/mol. The Morgan fingerprint density at radius 1 is 0.962 bits per heavy atom. The Bertz CT molecular complexity index is 813. The van der Waals surface area contributed by atoms with Gasteiger partial charge in [0.15, 0.2) is 0 Å². The topological polar surface area (TPSA) is 91.2 Å². The second kappa shape index (κ2) is 8.17. The van der Waals surface area contributed by atoms with Gasteiger partial charge in [-0.05, 0) is 62.7 Å². The van der Waals surface area contributed by atoms with Crippen LogP contribution < -0.4 is 10.6 Å². The lowest BCUT2D eigenvalue weighted by Gasteiger charge is -2.19. The molecule has 6 heteroatoms. The normalized spacial score (nSPS) is 10.5. The zero-order valence-electron chi connectivity index (χ0n) is 15.0. The highest BCUT2D eigenvalue weighted by Crippen LogP contribution is 2.15. The molecule has 0 bridgehead atoms. The molecule has 0 radical (unpaired) electrons. The van der Waals surface area contributed by atoms with Crippen molar-refractivity contribution < 1.29 is 14.3 Å². The number of rotatable bonds is 4. The van der Waals surface area contributed by atoms with E-state index in [1.54, 1.807) is 69.3 Å². The lowest BCUT2D eigenvalue weighted by molar-refractivity contribution is 0.0636. The van der Waals surface area contributed by atoms with E-state index in [1.807, 2.05) is 0 Å². The summed E-state index contributed by atoms with van der Waals surface area (Å²) in [5.74, 6) is -0.262. The fourth-order valence-corrected chi connectivity index (χ4v) is 2.13. The van der Waals surface area contributed by atoms with Gasteiger partial charge in [0.25, 0.3) is 5.91 Å². The van der Waals surface area contributed by atoms with Gasteiger partial charge >= 0.3 is 6.09 Å². The van der Waals surface area contributed by atoms with E-state index in [9.17, 15) is 9.59 Å². The lowest BCUT2D eigenvalue weighted by atomic mass is 10.1. The van der Waals surface area contributed by atoms with Crippen LogP contribution in [0.4, 0.5) is 16.2 Å². The molecule has 0 saturated carbocycles. The van der Waals surface area contributed by atoms with Gasteiger partial charge in [-0.3, -0.25) is 10.1 Å². The van der Waals surface area contributed by atoms with Crippen LogP contribution in [0.5, 0.6) is 0 Å². The van der Waals surface area contributed by atoms with Crippen molar-refractivity contribution in [2.45, 2.75) is 32.8 Å². The van der Waals surface area contributed by atoms with Crippen LogP contribution in [0.25, 0.3) is 0 Å². The van der Waals surface area contributed by atoms with Gasteiger partial charge in [-0.2, -0.15) is 5.26 Å². The number of anilines is 2. The Labute approximate surface area is 152 Å². The van der Waals surface area contributed by atoms with Crippen LogP contribution in [0.2, 0.25) is 0 Å². The Morgan fingerprint density at radius 3 is 2.04 bits per heavy atom. The van der Waals surface area contributed by atoms with Crippen molar-refractivity contribution in [2.24, 2.45) is 0 Å². The van der Waals surface area contributed by atoms with Crippen molar-refractivity contribution >= 4 is 23.4 Å². The molecule has 0 aromatic heterocycles. The number of ether oxygens (including phenoxy) is 1. The van der Waals surface area contributed by atoms with Crippen molar-refractivity contribution in [1.29, 1.82) is 5.26 Å². The molecular weight excluding hydrogens is 330 g/mol. The van der Waals surface area contributed by atoms with Crippen LogP contribution in [-0.2, 0) is 11.2 Å². The summed E-state index contributed by atoms with van der Waals surface area (Å²) in [5, 5.41) is 14.1. The Kier molecular flexibility index (Phi) is 5.97. The second-order valence-electron chi connectivity index (χ2n) is 6.69. The molecule has 0 atom stereocenters. The minimum atomic E-state index is -0.577. The molecule has 2 aromatic carbocycles. The molecule has 0 aliphatic rings. The molecule has 6 nitrogen and oxygen atoms in total. The summed E-state index contributed by atoms with van der Waals surface area (Å²) < 4.78 is 5.18. The van der Waals surface area contributed by atoms with E-state index >= 15 is 0 Å². The van der Waals surface area contributed by atoms with Crippen molar-refractivity contribution in [2.75, 3.05) is 10.6 Å². The predicted octanol–water partition coefficient (Wildman–Crippen LogP) is 4.35. The molecule has 0 unspecified atom stereocenters. The van der Waals surface area contributed by atoms with Crippen LogP contribution in [0.15, 0.2) is 48.5 Å². The first-order valence-corrected chi connectivity index (χ1v) is 8.14. The van der Waals surface area contributed by atoms with Gasteiger partial charge < -0.3 is 10.1 Å². The molecule has 26 heavy (non-hydrogen) atoms. The third kappa shape index (κ3) is 5.95. The maximum atomic E-state index is 12.3. The van der Waals surface area contributed by atoms with Crippen LogP contribution in [0.3, 0.4) is 0 Å². The quantitative estimate of drug-likeness (QED) is 0.856. The number of nitrogens with one attached hydrogen (secondary N) is 2. The zero-order chi connectivity index (χ0) is 19.2. The monoisotopic (exact) mass is 351 g/mol. The molecule has 2 amide bonds. The highest BCUT2D eigenvalue weighted by molar-refractivity contribution is 6.04. The molecule has 2 N–H and O–H groups in total. The minimum Gasteiger partial charge on any atom is -0.444 e. The van der Waals surface area contributed by atoms with Gasteiger partial charge in [0.05, 0.1) is 12.5 Å². The van der Waals surface area contributed by atoms with Gasteiger partial charge in [0.2, 0.25) is 0 Å². The van der Waals surface area contributed by atoms with Gasteiger partial charge in [0.1, 0.15) is 5.60 Å². The summed E-state index contributed by atoms with van der Waals surface area (Å²) in [4.78, 5) is 24.0. The Hall–Kier alpha value is -3.33. The minimum absolute atomic E-state index is 0.262. The highest BCUT2D eigenvalue weighted by atomic mass is 16.6. The maximum absolute atomic E-state index is 12.3. The van der Waals surface area contributed by atoms with E-state index in [0.717, 1.165) is 5.56 Å². The van der Waals surface area contributed by atoms with Crippen LogP contribution in [0.1, 0.15) is 36.7 Å². The van der Waals surface area contributed by atoms with Crippen LogP contribution in [-0.4, -0.2) is 17.6 Å². The van der Waals surface area contributed by atoms with E-state index in [1.165, 1.54) is 0 Å². The smallest absolute Gasteiger partial charge is 0.412 e. The molecule has 2 rings (SSSR count). The van der Waals surface area contributed by atoms with E-state index in [4.69, 9.17) is 10.00 Å². The molecule has 0 spiro atoms. The van der Waals surface area contributed by atoms with Crippen molar-refractivity contribution in [1.82, 2.24) is 0 Å². The van der Waals surface area contributed by atoms with Crippen molar-refractivity contribution in [3.63, 3.8) is 0 Å². The second-order valence-corrected chi connectivity index (χ2v) is 6.69.